The fourth-order valence-corrected chi connectivity index (χ4v) is 2.35. The van der Waals surface area contributed by atoms with Crippen LogP contribution in [0.25, 0.3) is 10.9 Å². The first-order valence-corrected chi connectivity index (χ1v) is 6.61. The van der Waals surface area contributed by atoms with Gasteiger partial charge in [0.2, 0.25) is 0 Å². The zero-order chi connectivity index (χ0) is 14.1. The highest BCUT2D eigenvalue weighted by molar-refractivity contribution is 6.10. The van der Waals surface area contributed by atoms with Gasteiger partial charge in [0.15, 0.2) is 5.78 Å². The summed E-state index contributed by atoms with van der Waals surface area (Å²) in [6.45, 7) is 2.00. The van der Waals surface area contributed by atoms with Crippen LogP contribution in [0, 0.1) is 0 Å². The lowest BCUT2D eigenvalue weighted by Crippen LogP contribution is -2.03. The molecule has 100 valence electrons. The van der Waals surface area contributed by atoms with Crippen LogP contribution in [0.4, 0.5) is 0 Å². The molecule has 0 N–H and O–H groups in total. The first kappa shape index (κ1) is 12.5. The Labute approximate surface area is 117 Å². The van der Waals surface area contributed by atoms with Gasteiger partial charge in [-0.15, -0.1) is 0 Å². The number of hydrogen-bond donors (Lipinski definition) is 0. The van der Waals surface area contributed by atoms with Crippen molar-refractivity contribution in [3.05, 3.63) is 59.5 Å². The van der Waals surface area contributed by atoms with E-state index in [9.17, 15) is 4.79 Å². The molecule has 0 bridgehead atoms. The lowest BCUT2D eigenvalue weighted by atomic mass is 10.0. The molecular weight excluding hydrogens is 250 g/mol. The Morgan fingerprint density at radius 3 is 2.95 bits per heavy atom. The molecular formula is C16H15N3O. The minimum Gasteiger partial charge on any atom is -0.288 e. The number of fused-ring (bicyclic) bond motifs is 1. The topological polar surface area (TPSA) is 47.8 Å². The monoisotopic (exact) mass is 265 g/mol. The normalized spacial score (nSPS) is 10.9. The van der Waals surface area contributed by atoms with Crippen molar-refractivity contribution in [2.24, 2.45) is 7.05 Å². The van der Waals surface area contributed by atoms with Gasteiger partial charge in [0, 0.05) is 30.4 Å². The zero-order valence-electron chi connectivity index (χ0n) is 11.5. The van der Waals surface area contributed by atoms with E-state index in [4.69, 9.17) is 0 Å². The second kappa shape index (κ2) is 4.89. The van der Waals surface area contributed by atoms with E-state index in [0.717, 1.165) is 23.0 Å². The molecule has 3 aromatic rings. The number of pyridine rings is 1. The average molecular weight is 265 g/mol. The third-order valence-electron chi connectivity index (χ3n) is 3.35. The number of rotatable bonds is 3. The smallest absolute Gasteiger partial charge is 0.196 e. The van der Waals surface area contributed by atoms with Crippen LogP contribution in [0.3, 0.4) is 0 Å². The Kier molecular flexibility index (Phi) is 3.06. The van der Waals surface area contributed by atoms with Crippen LogP contribution >= 0.6 is 0 Å². The molecule has 20 heavy (non-hydrogen) atoms. The van der Waals surface area contributed by atoms with E-state index >= 15 is 0 Å². The molecule has 0 fully saturated rings. The van der Waals surface area contributed by atoms with Gasteiger partial charge in [-0.3, -0.25) is 14.5 Å². The Morgan fingerprint density at radius 1 is 1.30 bits per heavy atom. The molecule has 0 amide bonds. The minimum atomic E-state index is 0.00232. The molecule has 2 heterocycles. The van der Waals surface area contributed by atoms with Gasteiger partial charge < -0.3 is 0 Å². The van der Waals surface area contributed by atoms with E-state index in [0.29, 0.717) is 11.1 Å². The summed E-state index contributed by atoms with van der Waals surface area (Å²) in [5, 5.41) is 5.35. The second-order valence-electron chi connectivity index (χ2n) is 4.76. The van der Waals surface area contributed by atoms with Crippen molar-refractivity contribution in [2.45, 2.75) is 13.3 Å². The van der Waals surface area contributed by atoms with Gasteiger partial charge >= 0.3 is 0 Å². The molecule has 4 heteroatoms. The number of nitrogens with zero attached hydrogens (tertiary/aromatic N) is 3. The number of ketones is 1. The van der Waals surface area contributed by atoms with E-state index in [1.54, 1.807) is 17.1 Å². The minimum absolute atomic E-state index is 0.00232. The van der Waals surface area contributed by atoms with E-state index < -0.39 is 0 Å². The van der Waals surface area contributed by atoms with Crippen molar-refractivity contribution in [1.82, 2.24) is 14.8 Å². The number of carbonyl (C=O) groups is 1. The lowest BCUT2D eigenvalue weighted by molar-refractivity contribution is 0.103. The van der Waals surface area contributed by atoms with Crippen molar-refractivity contribution in [1.29, 1.82) is 0 Å². The Hall–Kier alpha value is -2.49. The van der Waals surface area contributed by atoms with Gasteiger partial charge in [-0.1, -0.05) is 25.1 Å². The fraction of sp³-hybridized carbons (Fsp3) is 0.188. The van der Waals surface area contributed by atoms with Gasteiger partial charge in [0.1, 0.15) is 0 Å². The maximum Gasteiger partial charge on any atom is 0.196 e. The average Bonchev–Trinajstić information content (AvgIpc) is 2.87. The molecule has 3 rings (SSSR count). The quantitative estimate of drug-likeness (QED) is 0.684. The van der Waals surface area contributed by atoms with E-state index in [2.05, 4.69) is 10.1 Å². The molecule has 0 saturated carbocycles. The first-order chi connectivity index (χ1) is 9.69. The standard InChI is InChI=1S/C16H15N3O/c1-3-14-13(10-19(2)18-14)16(20)12-7-6-11-5-4-8-17-15(11)9-12/h4-10H,3H2,1-2H3. The summed E-state index contributed by atoms with van der Waals surface area (Å²) in [5.74, 6) is 0.00232. The number of aromatic nitrogens is 3. The fourth-order valence-electron chi connectivity index (χ4n) is 2.35. The van der Waals surface area contributed by atoms with Crippen LogP contribution < -0.4 is 0 Å². The van der Waals surface area contributed by atoms with Gasteiger partial charge in [-0.05, 0) is 18.6 Å². The molecule has 2 aromatic heterocycles. The Balaban J connectivity index is 2.07. The first-order valence-electron chi connectivity index (χ1n) is 6.61. The molecule has 0 spiro atoms. The highest BCUT2D eigenvalue weighted by Gasteiger charge is 2.16. The number of aryl methyl sites for hydroxylation is 2. The Morgan fingerprint density at radius 2 is 2.15 bits per heavy atom. The molecule has 0 radical (unpaired) electrons. The van der Waals surface area contributed by atoms with Crippen molar-refractivity contribution in [2.75, 3.05) is 0 Å². The zero-order valence-corrected chi connectivity index (χ0v) is 11.5. The summed E-state index contributed by atoms with van der Waals surface area (Å²) in [7, 11) is 1.83. The molecule has 0 aliphatic rings. The maximum absolute atomic E-state index is 12.6. The molecule has 0 atom stereocenters. The summed E-state index contributed by atoms with van der Waals surface area (Å²) >= 11 is 0. The predicted molar refractivity (Wildman–Crippen MR) is 77.8 cm³/mol. The highest BCUT2D eigenvalue weighted by Crippen LogP contribution is 2.18. The molecule has 0 aliphatic heterocycles. The van der Waals surface area contributed by atoms with E-state index in [1.807, 2.05) is 44.3 Å². The van der Waals surface area contributed by atoms with Crippen molar-refractivity contribution in [3.63, 3.8) is 0 Å². The van der Waals surface area contributed by atoms with Crippen LogP contribution in [0.15, 0.2) is 42.7 Å². The molecule has 1 aromatic carbocycles. The van der Waals surface area contributed by atoms with Crippen LogP contribution in [-0.4, -0.2) is 20.5 Å². The van der Waals surface area contributed by atoms with Gasteiger partial charge in [0.25, 0.3) is 0 Å². The summed E-state index contributed by atoms with van der Waals surface area (Å²) in [6, 6.07) is 9.48. The summed E-state index contributed by atoms with van der Waals surface area (Å²) in [5.41, 5.74) is 2.99. The molecule has 0 unspecified atom stereocenters. The summed E-state index contributed by atoms with van der Waals surface area (Å²) in [6.07, 6.45) is 4.26. The van der Waals surface area contributed by atoms with Gasteiger partial charge in [-0.25, -0.2) is 0 Å². The number of hydrogen-bond acceptors (Lipinski definition) is 3. The second-order valence-corrected chi connectivity index (χ2v) is 4.76. The van der Waals surface area contributed by atoms with Crippen LogP contribution in [0.1, 0.15) is 28.5 Å². The van der Waals surface area contributed by atoms with Gasteiger partial charge in [-0.2, -0.15) is 5.10 Å². The Bertz CT molecular complexity index is 789. The largest absolute Gasteiger partial charge is 0.288 e. The number of carbonyl (C=O) groups excluding carboxylic acids is 1. The van der Waals surface area contributed by atoms with Crippen molar-refractivity contribution >= 4 is 16.7 Å². The third kappa shape index (κ3) is 2.09. The maximum atomic E-state index is 12.6. The molecule has 4 nitrogen and oxygen atoms in total. The number of benzene rings is 1. The van der Waals surface area contributed by atoms with E-state index in [1.165, 1.54) is 0 Å². The van der Waals surface area contributed by atoms with Crippen molar-refractivity contribution in [3.8, 4) is 0 Å². The predicted octanol–water partition coefficient (Wildman–Crippen LogP) is 2.76. The summed E-state index contributed by atoms with van der Waals surface area (Å²) in [4.78, 5) is 16.9. The van der Waals surface area contributed by atoms with Crippen LogP contribution in [0.5, 0.6) is 0 Å². The third-order valence-corrected chi connectivity index (χ3v) is 3.35. The highest BCUT2D eigenvalue weighted by atomic mass is 16.1. The summed E-state index contributed by atoms with van der Waals surface area (Å²) < 4.78 is 1.69. The van der Waals surface area contributed by atoms with Crippen LogP contribution in [-0.2, 0) is 13.5 Å². The SMILES string of the molecule is CCc1nn(C)cc1C(=O)c1ccc2cccnc2c1. The van der Waals surface area contributed by atoms with Gasteiger partial charge in [0.05, 0.1) is 16.8 Å². The molecule has 0 aliphatic carbocycles. The lowest BCUT2D eigenvalue weighted by Gasteiger charge is -2.02. The van der Waals surface area contributed by atoms with E-state index in [-0.39, 0.29) is 5.78 Å². The van der Waals surface area contributed by atoms with Crippen LogP contribution in [0.2, 0.25) is 0 Å². The van der Waals surface area contributed by atoms with Crippen molar-refractivity contribution < 1.29 is 4.79 Å². The molecule has 0 saturated heterocycles.